The minimum atomic E-state index is 0.204. The highest BCUT2D eigenvalue weighted by Crippen LogP contribution is 2.16. The van der Waals surface area contributed by atoms with Gasteiger partial charge in [0.25, 0.3) is 0 Å². The van der Waals surface area contributed by atoms with Crippen molar-refractivity contribution in [2.24, 2.45) is 13.0 Å². The van der Waals surface area contributed by atoms with E-state index in [1.54, 1.807) is 7.11 Å². The van der Waals surface area contributed by atoms with Gasteiger partial charge < -0.3 is 9.30 Å². The number of carbonyl (C=O) groups excluding carboxylic acids is 1. The van der Waals surface area contributed by atoms with Crippen LogP contribution in [0.4, 0.5) is 0 Å². The molecule has 0 saturated carbocycles. The van der Waals surface area contributed by atoms with E-state index in [2.05, 4.69) is 4.90 Å². The Hall–Kier alpha value is -1.13. The SMILES string of the molecule is COCC1CCN(CC(=O)c2cccn2C)C1. The Labute approximate surface area is 102 Å². The molecule has 1 aromatic rings. The largest absolute Gasteiger partial charge is 0.384 e. The van der Waals surface area contributed by atoms with Gasteiger partial charge >= 0.3 is 0 Å². The molecular weight excluding hydrogens is 216 g/mol. The number of rotatable bonds is 5. The number of aromatic nitrogens is 1. The molecule has 1 aliphatic heterocycles. The summed E-state index contributed by atoms with van der Waals surface area (Å²) in [5.74, 6) is 0.789. The molecule has 17 heavy (non-hydrogen) atoms. The summed E-state index contributed by atoms with van der Waals surface area (Å²) in [5.41, 5.74) is 0.792. The number of ether oxygens (including phenoxy) is 1. The van der Waals surface area contributed by atoms with Crippen molar-refractivity contribution >= 4 is 5.78 Å². The van der Waals surface area contributed by atoms with Crippen LogP contribution in [-0.4, -0.2) is 48.6 Å². The molecule has 1 aromatic heterocycles. The zero-order valence-electron chi connectivity index (χ0n) is 10.6. The first-order chi connectivity index (χ1) is 8.20. The summed E-state index contributed by atoms with van der Waals surface area (Å²) in [6.45, 7) is 3.31. The van der Waals surface area contributed by atoms with Gasteiger partial charge in [-0.1, -0.05) is 0 Å². The van der Waals surface area contributed by atoms with E-state index in [0.29, 0.717) is 12.5 Å². The molecule has 1 saturated heterocycles. The number of carbonyl (C=O) groups is 1. The first-order valence-corrected chi connectivity index (χ1v) is 6.06. The van der Waals surface area contributed by atoms with E-state index in [-0.39, 0.29) is 5.78 Å². The Morgan fingerprint density at radius 1 is 1.59 bits per heavy atom. The van der Waals surface area contributed by atoms with Gasteiger partial charge in [0, 0.05) is 26.9 Å². The van der Waals surface area contributed by atoms with Crippen LogP contribution in [0.2, 0.25) is 0 Å². The van der Waals surface area contributed by atoms with Gasteiger partial charge in [-0.2, -0.15) is 0 Å². The van der Waals surface area contributed by atoms with Crippen molar-refractivity contribution in [2.75, 3.05) is 33.4 Å². The summed E-state index contributed by atoms with van der Waals surface area (Å²) in [4.78, 5) is 14.3. The maximum Gasteiger partial charge on any atom is 0.193 e. The molecule has 0 aromatic carbocycles. The first-order valence-electron chi connectivity index (χ1n) is 6.06. The third-order valence-electron chi connectivity index (χ3n) is 3.37. The fourth-order valence-electron chi connectivity index (χ4n) is 2.46. The van der Waals surface area contributed by atoms with Crippen LogP contribution in [0.1, 0.15) is 16.9 Å². The van der Waals surface area contributed by atoms with Gasteiger partial charge in [-0.15, -0.1) is 0 Å². The lowest BCUT2D eigenvalue weighted by Gasteiger charge is -2.15. The number of ketones is 1. The van der Waals surface area contributed by atoms with E-state index in [0.717, 1.165) is 31.8 Å². The second kappa shape index (κ2) is 5.47. The summed E-state index contributed by atoms with van der Waals surface area (Å²) in [5, 5.41) is 0. The van der Waals surface area contributed by atoms with Gasteiger partial charge in [0.05, 0.1) is 18.8 Å². The fourth-order valence-corrected chi connectivity index (χ4v) is 2.46. The highest BCUT2D eigenvalue weighted by molar-refractivity contribution is 5.96. The number of methoxy groups -OCH3 is 1. The highest BCUT2D eigenvalue weighted by Gasteiger charge is 2.24. The number of hydrogen-bond donors (Lipinski definition) is 0. The van der Waals surface area contributed by atoms with Crippen molar-refractivity contribution < 1.29 is 9.53 Å². The number of Topliss-reactive ketones (excluding diaryl/α,β-unsaturated/α-hetero) is 1. The molecule has 1 fully saturated rings. The zero-order valence-corrected chi connectivity index (χ0v) is 10.6. The average molecular weight is 236 g/mol. The molecule has 4 nitrogen and oxygen atoms in total. The summed E-state index contributed by atoms with van der Waals surface area (Å²) in [6.07, 6.45) is 3.04. The van der Waals surface area contributed by atoms with Crippen LogP contribution >= 0.6 is 0 Å². The molecule has 1 unspecified atom stereocenters. The molecule has 1 aliphatic rings. The van der Waals surface area contributed by atoms with Crippen molar-refractivity contribution in [2.45, 2.75) is 6.42 Å². The minimum Gasteiger partial charge on any atom is -0.384 e. The maximum absolute atomic E-state index is 12.1. The number of likely N-dealkylation sites (tertiary alicyclic amines) is 1. The molecular formula is C13H20N2O2. The van der Waals surface area contributed by atoms with Crippen LogP contribution in [0.15, 0.2) is 18.3 Å². The standard InChI is InChI=1S/C13H20N2O2/c1-14-6-3-4-12(14)13(16)9-15-7-5-11(8-15)10-17-2/h3-4,6,11H,5,7-10H2,1-2H3. The second-order valence-corrected chi connectivity index (χ2v) is 4.77. The lowest BCUT2D eigenvalue weighted by Crippen LogP contribution is -2.29. The summed E-state index contributed by atoms with van der Waals surface area (Å²) < 4.78 is 7.03. The van der Waals surface area contributed by atoms with Gasteiger partial charge in [-0.05, 0) is 31.0 Å². The Morgan fingerprint density at radius 3 is 3.06 bits per heavy atom. The van der Waals surface area contributed by atoms with E-state index >= 15 is 0 Å². The quantitative estimate of drug-likeness (QED) is 0.720. The molecule has 0 bridgehead atoms. The molecule has 0 amide bonds. The second-order valence-electron chi connectivity index (χ2n) is 4.77. The van der Waals surface area contributed by atoms with Crippen molar-refractivity contribution in [3.8, 4) is 0 Å². The highest BCUT2D eigenvalue weighted by atomic mass is 16.5. The van der Waals surface area contributed by atoms with Gasteiger partial charge in [0.2, 0.25) is 0 Å². The summed E-state index contributed by atoms with van der Waals surface area (Å²) in [7, 11) is 3.64. The minimum absolute atomic E-state index is 0.204. The van der Waals surface area contributed by atoms with E-state index in [1.807, 2.05) is 29.9 Å². The Kier molecular flexibility index (Phi) is 3.97. The first kappa shape index (κ1) is 12.3. The smallest absolute Gasteiger partial charge is 0.193 e. The van der Waals surface area contributed by atoms with Gasteiger partial charge in [-0.3, -0.25) is 9.69 Å². The van der Waals surface area contributed by atoms with Gasteiger partial charge in [0.1, 0.15) is 0 Å². The van der Waals surface area contributed by atoms with Crippen LogP contribution < -0.4 is 0 Å². The normalized spacial score (nSPS) is 20.9. The van der Waals surface area contributed by atoms with Gasteiger partial charge in [0.15, 0.2) is 5.78 Å². The molecule has 94 valence electrons. The van der Waals surface area contributed by atoms with E-state index < -0.39 is 0 Å². The Morgan fingerprint density at radius 2 is 2.41 bits per heavy atom. The average Bonchev–Trinajstić information content (AvgIpc) is 2.88. The maximum atomic E-state index is 12.1. The lowest BCUT2D eigenvalue weighted by molar-refractivity contribution is 0.0929. The monoisotopic (exact) mass is 236 g/mol. The van der Waals surface area contributed by atoms with E-state index in [9.17, 15) is 4.79 Å². The molecule has 0 N–H and O–H groups in total. The van der Waals surface area contributed by atoms with Crippen LogP contribution in [0.5, 0.6) is 0 Å². The summed E-state index contributed by atoms with van der Waals surface area (Å²) >= 11 is 0. The molecule has 2 heterocycles. The third-order valence-corrected chi connectivity index (χ3v) is 3.37. The number of aryl methyl sites for hydroxylation is 1. The van der Waals surface area contributed by atoms with Crippen LogP contribution in [-0.2, 0) is 11.8 Å². The topological polar surface area (TPSA) is 34.5 Å². The van der Waals surface area contributed by atoms with Crippen molar-refractivity contribution in [1.29, 1.82) is 0 Å². The van der Waals surface area contributed by atoms with Crippen molar-refractivity contribution in [1.82, 2.24) is 9.47 Å². The summed E-state index contributed by atoms with van der Waals surface area (Å²) in [6, 6.07) is 3.79. The van der Waals surface area contributed by atoms with Crippen LogP contribution in [0, 0.1) is 5.92 Å². The molecule has 2 rings (SSSR count). The fraction of sp³-hybridized carbons (Fsp3) is 0.615. The molecule has 4 heteroatoms. The molecule has 0 aliphatic carbocycles. The predicted molar refractivity (Wildman–Crippen MR) is 66.2 cm³/mol. The van der Waals surface area contributed by atoms with Crippen molar-refractivity contribution in [3.05, 3.63) is 24.0 Å². The van der Waals surface area contributed by atoms with E-state index in [1.165, 1.54) is 0 Å². The number of hydrogen-bond acceptors (Lipinski definition) is 3. The van der Waals surface area contributed by atoms with Crippen LogP contribution in [0.3, 0.4) is 0 Å². The molecule has 0 spiro atoms. The van der Waals surface area contributed by atoms with Crippen molar-refractivity contribution in [3.63, 3.8) is 0 Å². The Balaban J connectivity index is 1.86. The zero-order chi connectivity index (χ0) is 12.3. The Bertz CT molecular complexity index is 387. The van der Waals surface area contributed by atoms with Gasteiger partial charge in [-0.25, -0.2) is 0 Å². The molecule has 1 atom stereocenters. The molecule has 0 radical (unpaired) electrons. The van der Waals surface area contributed by atoms with Crippen LogP contribution in [0.25, 0.3) is 0 Å². The predicted octanol–water partition coefficient (Wildman–Crippen LogP) is 1.18. The number of nitrogens with zero attached hydrogens (tertiary/aromatic N) is 2. The van der Waals surface area contributed by atoms with E-state index in [4.69, 9.17) is 4.74 Å². The third kappa shape index (κ3) is 2.96. The lowest BCUT2D eigenvalue weighted by atomic mass is 10.1.